The zero-order chi connectivity index (χ0) is 10.5. The lowest BCUT2D eigenvalue weighted by Gasteiger charge is -2.00. The molecule has 1 nitrogen and oxygen atoms in total. The topological polar surface area (TPSA) is 12.9 Å². The minimum Gasteiger partial charge on any atom is -0.253 e. The third-order valence-electron chi connectivity index (χ3n) is 2.31. The Balaban J connectivity index is 2.23. The number of hydrogen-bond acceptors (Lipinski definition) is 1. The number of hydrogen-bond donors (Lipinski definition) is 0. The summed E-state index contributed by atoms with van der Waals surface area (Å²) >= 11 is 3.26. The maximum absolute atomic E-state index is 4.60. The molecule has 0 radical (unpaired) electrons. The summed E-state index contributed by atoms with van der Waals surface area (Å²) in [4.78, 5) is 6.49. The largest absolute Gasteiger partial charge is 0.253 e. The Morgan fingerprint density at radius 3 is 2.87 bits per heavy atom. The molecule has 0 saturated carbocycles. The minimum absolute atomic E-state index is 0.993. The van der Waals surface area contributed by atoms with Crippen LogP contribution in [0, 0.1) is 0 Å². The SMILES string of the molecule is BrC=CCCc1ccc2ccccc2n1. The van der Waals surface area contributed by atoms with Gasteiger partial charge in [-0.05, 0) is 30.0 Å². The predicted molar refractivity (Wildman–Crippen MR) is 68.1 cm³/mol. The molecule has 15 heavy (non-hydrogen) atoms. The van der Waals surface area contributed by atoms with E-state index in [0.29, 0.717) is 0 Å². The third-order valence-corrected chi connectivity index (χ3v) is 2.69. The van der Waals surface area contributed by atoms with Crippen molar-refractivity contribution in [3.05, 3.63) is 53.2 Å². The number of para-hydroxylation sites is 1. The molecular formula is C13H12BrN. The molecule has 1 aromatic carbocycles. The molecular weight excluding hydrogens is 250 g/mol. The van der Waals surface area contributed by atoms with Gasteiger partial charge < -0.3 is 0 Å². The van der Waals surface area contributed by atoms with E-state index in [0.717, 1.165) is 24.1 Å². The molecule has 0 aliphatic rings. The number of aryl methyl sites for hydroxylation is 1. The van der Waals surface area contributed by atoms with Gasteiger partial charge in [-0.3, -0.25) is 4.98 Å². The van der Waals surface area contributed by atoms with Gasteiger partial charge in [-0.15, -0.1) is 0 Å². The van der Waals surface area contributed by atoms with Gasteiger partial charge in [-0.25, -0.2) is 0 Å². The van der Waals surface area contributed by atoms with Crippen LogP contribution >= 0.6 is 15.9 Å². The highest BCUT2D eigenvalue weighted by Gasteiger charge is 1.96. The van der Waals surface area contributed by atoms with Crippen molar-refractivity contribution in [2.45, 2.75) is 12.8 Å². The monoisotopic (exact) mass is 261 g/mol. The molecule has 0 spiro atoms. The molecule has 0 fully saturated rings. The van der Waals surface area contributed by atoms with Crippen molar-refractivity contribution in [2.24, 2.45) is 0 Å². The van der Waals surface area contributed by atoms with Gasteiger partial charge in [-0.1, -0.05) is 46.3 Å². The molecule has 0 unspecified atom stereocenters. The quantitative estimate of drug-likeness (QED) is 0.812. The molecule has 76 valence electrons. The zero-order valence-corrected chi connectivity index (χ0v) is 9.94. The van der Waals surface area contributed by atoms with Crippen molar-refractivity contribution >= 4 is 26.8 Å². The number of fused-ring (bicyclic) bond motifs is 1. The van der Waals surface area contributed by atoms with Crippen molar-refractivity contribution in [1.82, 2.24) is 4.98 Å². The zero-order valence-electron chi connectivity index (χ0n) is 8.36. The molecule has 0 saturated heterocycles. The van der Waals surface area contributed by atoms with Gasteiger partial charge in [0.05, 0.1) is 5.52 Å². The first-order chi connectivity index (χ1) is 7.40. The van der Waals surface area contributed by atoms with E-state index >= 15 is 0 Å². The summed E-state index contributed by atoms with van der Waals surface area (Å²) in [6.45, 7) is 0. The first-order valence-electron chi connectivity index (χ1n) is 5.00. The number of nitrogens with zero attached hydrogens (tertiary/aromatic N) is 1. The van der Waals surface area contributed by atoms with Crippen molar-refractivity contribution in [3.63, 3.8) is 0 Å². The lowest BCUT2D eigenvalue weighted by molar-refractivity contribution is 0.956. The summed E-state index contributed by atoms with van der Waals surface area (Å²) in [7, 11) is 0. The van der Waals surface area contributed by atoms with Gasteiger partial charge in [0.15, 0.2) is 0 Å². The fourth-order valence-corrected chi connectivity index (χ4v) is 1.81. The number of halogens is 1. The van der Waals surface area contributed by atoms with Gasteiger partial charge in [-0.2, -0.15) is 0 Å². The van der Waals surface area contributed by atoms with Crippen LogP contribution in [0.15, 0.2) is 47.5 Å². The molecule has 1 heterocycles. The average molecular weight is 262 g/mol. The van der Waals surface area contributed by atoms with E-state index in [1.807, 2.05) is 17.1 Å². The van der Waals surface area contributed by atoms with Gasteiger partial charge >= 0.3 is 0 Å². The van der Waals surface area contributed by atoms with Crippen LogP contribution in [-0.4, -0.2) is 4.98 Å². The smallest absolute Gasteiger partial charge is 0.0705 e. The van der Waals surface area contributed by atoms with Gasteiger partial charge in [0.1, 0.15) is 0 Å². The van der Waals surface area contributed by atoms with Crippen molar-refractivity contribution in [1.29, 1.82) is 0 Å². The first-order valence-corrected chi connectivity index (χ1v) is 5.91. The summed E-state index contributed by atoms with van der Waals surface area (Å²) in [5.74, 6) is 0. The fraction of sp³-hybridized carbons (Fsp3) is 0.154. The summed E-state index contributed by atoms with van der Waals surface area (Å²) < 4.78 is 0. The molecule has 2 heteroatoms. The molecule has 0 aliphatic heterocycles. The molecule has 0 atom stereocenters. The van der Waals surface area contributed by atoms with Crippen LogP contribution in [0.4, 0.5) is 0 Å². The highest BCUT2D eigenvalue weighted by atomic mass is 79.9. The normalized spacial score (nSPS) is 11.3. The third kappa shape index (κ3) is 2.66. The van der Waals surface area contributed by atoms with Crippen LogP contribution in [-0.2, 0) is 6.42 Å². The van der Waals surface area contributed by atoms with E-state index in [1.165, 1.54) is 5.39 Å². The first kappa shape index (κ1) is 10.4. The van der Waals surface area contributed by atoms with Crippen LogP contribution < -0.4 is 0 Å². The van der Waals surface area contributed by atoms with Gasteiger partial charge in [0.2, 0.25) is 0 Å². The molecule has 0 N–H and O–H groups in total. The summed E-state index contributed by atoms with van der Waals surface area (Å²) in [5, 5.41) is 1.21. The Morgan fingerprint density at radius 1 is 1.13 bits per heavy atom. The van der Waals surface area contributed by atoms with Crippen LogP contribution in [0.5, 0.6) is 0 Å². The van der Waals surface area contributed by atoms with Crippen molar-refractivity contribution in [2.75, 3.05) is 0 Å². The maximum atomic E-state index is 4.60. The number of pyridine rings is 1. The van der Waals surface area contributed by atoms with Crippen LogP contribution in [0.1, 0.15) is 12.1 Å². The number of rotatable bonds is 3. The minimum atomic E-state index is 0.993. The highest BCUT2D eigenvalue weighted by molar-refractivity contribution is 9.11. The van der Waals surface area contributed by atoms with E-state index < -0.39 is 0 Å². The van der Waals surface area contributed by atoms with E-state index in [-0.39, 0.29) is 0 Å². The second-order valence-electron chi connectivity index (χ2n) is 3.40. The van der Waals surface area contributed by atoms with Crippen LogP contribution in [0.2, 0.25) is 0 Å². The van der Waals surface area contributed by atoms with E-state index in [9.17, 15) is 0 Å². The standard InChI is InChI=1S/C13H12BrN/c14-10-4-3-6-12-9-8-11-5-1-2-7-13(11)15-12/h1-2,4-5,7-10H,3,6H2. The Bertz CT molecular complexity index is 477. The molecule has 2 rings (SSSR count). The van der Waals surface area contributed by atoms with Gasteiger partial charge in [0.25, 0.3) is 0 Å². The number of benzene rings is 1. The van der Waals surface area contributed by atoms with Crippen LogP contribution in [0.25, 0.3) is 10.9 Å². The highest BCUT2D eigenvalue weighted by Crippen LogP contribution is 2.12. The average Bonchev–Trinajstić information content (AvgIpc) is 2.29. The Morgan fingerprint density at radius 2 is 2.00 bits per heavy atom. The van der Waals surface area contributed by atoms with Crippen molar-refractivity contribution < 1.29 is 0 Å². The summed E-state index contributed by atoms with van der Waals surface area (Å²) in [6, 6.07) is 12.4. The number of aromatic nitrogens is 1. The number of allylic oxidation sites excluding steroid dienone is 1. The Labute approximate surface area is 98.0 Å². The van der Waals surface area contributed by atoms with E-state index in [2.05, 4.69) is 51.3 Å². The van der Waals surface area contributed by atoms with Crippen LogP contribution in [0.3, 0.4) is 0 Å². The maximum Gasteiger partial charge on any atom is 0.0705 e. The molecule has 0 bridgehead atoms. The van der Waals surface area contributed by atoms with E-state index in [4.69, 9.17) is 0 Å². The molecule has 2 aromatic rings. The second kappa shape index (κ2) is 5.08. The second-order valence-corrected chi connectivity index (χ2v) is 3.92. The molecule has 0 amide bonds. The lowest BCUT2D eigenvalue weighted by atomic mass is 10.1. The molecule has 0 aliphatic carbocycles. The Kier molecular flexibility index (Phi) is 3.51. The van der Waals surface area contributed by atoms with Gasteiger partial charge in [0, 0.05) is 11.1 Å². The predicted octanol–water partition coefficient (Wildman–Crippen LogP) is 4.08. The fourth-order valence-electron chi connectivity index (χ4n) is 1.54. The molecule has 1 aromatic heterocycles. The van der Waals surface area contributed by atoms with Crippen molar-refractivity contribution in [3.8, 4) is 0 Å². The van der Waals surface area contributed by atoms with E-state index in [1.54, 1.807) is 0 Å². The summed E-state index contributed by atoms with van der Waals surface area (Å²) in [6.07, 6.45) is 4.11. The Hall–Kier alpha value is -1.15. The summed E-state index contributed by atoms with van der Waals surface area (Å²) in [5.41, 5.74) is 2.23. The lowest BCUT2D eigenvalue weighted by Crippen LogP contribution is -1.89.